The minimum absolute atomic E-state index is 0.121. The summed E-state index contributed by atoms with van der Waals surface area (Å²) in [5.41, 5.74) is -0.563. The van der Waals surface area contributed by atoms with Crippen molar-refractivity contribution in [1.82, 2.24) is 9.88 Å². The molecule has 5 nitrogen and oxygen atoms in total. The molecule has 0 unspecified atom stereocenters. The Bertz CT molecular complexity index is 818. The van der Waals surface area contributed by atoms with Crippen molar-refractivity contribution in [3.63, 3.8) is 0 Å². The van der Waals surface area contributed by atoms with E-state index < -0.39 is 17.6 Å². The van der Waals surface area contributed by atoms with E-state index in [1.807, 2.05) is 11.9 Å². The Morgan fingerprint density at radius 2 is 1.85 bits per heavy atom. The minimum atomic E-state index is -4.59. The number of benzene rings is 1. The summed E-state index contributed by atoms with van der Waals surface area (Å²) in [5.74, 6) is -0.683. The van der Waals surface area contributed by atoms with Crippen molar-refractivity contribution in [3.8, 4) is 0 Å². The van der Waals surface area contributed by atoms with Crippen LogP contribution in [0.25, 0.3) is 0 Å². The highest BCUT2D eigenvalue weighted by Gasteiger charge is 2.35. The number of hydrogen-bond acceptors (Lipinski definition) is 4. The number of halogens is 4. The predicted molar refractivity (Wildman–Crippen MR) is 98.4 cm³/mol. The van der Waals surface area contributed by atoms with Crippen molar-refractivity contribution in [2.75, 3.05) is 43.4 Å². The monoisotopic (exact) mass is 398 g/mol. The van der Waals surface area contributed by atoms with Gasteiger partial charge in [0.2, 0.25) is 0 Å². The fourth-order valence-corrected chi connectivity index (χ4v) is 2.95. The standard InChI is InChI=1S/C18H18ClF3N4O/c1-25-6-8-26(9-7-25)13-3-4-15(14(10-13)18(20,21)22)24-17(27)12-2-5-16(19)23-11-12/h2-5,10-11H,6-9H2,1H3,(H,24,27). The highest BCUT2D eigenvalue weighted by molar-refractivity contribution is 6.29. The number of rotatable bonds is 3. The van der Waals surface area contributed by atoms with E-state index in [0.717, 1.165) is 19.2 Å². The molecule has 27 heavy (non-hydrogen) atoms. The van der Waals surface area contributed by atoms with E-state index in [4.69, 9.17) is 11.6 Å². The van der Waals surface area contributed by atoms with Crippen LogP contribution in [0, 0.1) is 0 Å². The topological polar surface area (TPSA) is 48.5 Å². The van der Waals surface area contributed by atoms with Gasteiger partial charge < -0.3 is 15.1 Å². The van der Waals surface area contributed by atoms with Crippen LogP contribution >= 0.6 is 11.6 Å². The first-order chi connectivity index (χ1) is 12.7. The van der Waals surface area contributed by atoms with Gasteiger partial charge in [0.05, 0.1) is 16.8 Å². The molecule has 1 aliphatic heterocycles. The summed E-state index contributed by atoms with van der Waals surface area (Å²) >= 11 is 5.66. The number of carbonyl (C=O) groups is 1. The van der Waals surface area contributed by atoms with Crippen molar-refractivity contribution in [2.24, 2.45) is 0 Å². The van der Waals surface area contributed by atoms with Gasteiger partial charge in [-0.3, -0.25) is 4.79 Å². The molecule has 0 aliphatic carbocycles. The van der Waals surface area contributed by atoms with Gasteiger partial charge in [0.25, 0.3) is 5.91 Å². The number of nitrogens with one attached hydrogen (secondary N) is 1. The van der Waals surface area contributed by atoms with Crippen LogP contribution in [0.2, 0.25) is 5.15 Å². The lowest BCUT2D eigenvalue weighted by Gasteiger charge is -2.34. The minimum Gasteiger partial charge on any atom is -0.369 e. The summed E-state index contributed by atoms with van der Waals surface area (Å²) < 4.78 is 40.7. The lowest BCUT2D eigenvalue weighted by atomic mass is 10.1. The quantitative estimate of drug-likeness (QED) is 0.800. The molecule has 1 aliphatic rings. The third-order valence-corrected chi connectivity index (χ3v) is 4.64. The zero-order valence-electron chi connectivity index (χ0n) is 14.6. The molecule has 0 atom stereocenters. The lowest BCUT2D eigenvalue weighted by Crippen LogP contribution is -2.44. The van der Waals surface area contributed by atoms with Gasteiger partial charge in [0.1, 0.15) is 5.15 Å². The third kappa shape index (κ3) is 4.70. The summed E-state index contributed by atoms with van der Waals surface area (Å²) in [5, 5.41) is 2.51. The second-order valence-corrected chi connectivity index (χ2v) is 6.73. The first-order valence-electron chi connectivity index (χ1n) is 8.31. The average molecular weight is 399 g/mol. The number of alkyl halides is 3. The van der Waals surface area contributed by atoms with Crippen molar-refractivity contribution >= 4 is 28.9 Å². The Morgan fingerprint density at radius 1 is 1.15 bits per heavy atom. The number of anilines is 2. The van der Waals surface area contributed by atoms with Crippen LogP contribution < -0.4 is 10.2 Å². The van der Waals surface area contributed by atoms with E-state index in [1.165, 1.54) is 24.4 Å². The molecule has 1 N–H and O–H groups in total. The van der Waals surface area contributed by atoms with Crippen LogP contribution in [0.1, 0.15) is 15.9 Å². The number of hydrogen-bond donors (Lipinski definition) is 1. The van der Waals surface area contributed by atoms with Crippen molar-refractivity contribution in [2.45, 2.75) is 6.18 Å². The van der Waals surface area contributed by atoms with Gasteiger partial charge in [-0.2, -0.15) is 13.2 Å². The first kappa shape index (κ1) is 19.4. The number of aromatic nitrogens is 1. The zero-order chi connectivity index (χ0) is 19.6. The molecule has 1 saturated heterocycles. The molecule has 3 rings (SSSR count). The second-order valence-electron chi connectivity index (χ2n) is 6.34. The van der Waals surface area contributed by atoms with Crippen molar-refractivity contribution in [1.29, 1.82) is 0 Å². The van der Waals surface area contributed by atoms with Crippen LogP contribution in [0.5, 0.6) is 0 Å². The molecule has 2 aromatic rings. The molecule has 1 aromatic heterocycles. The Kier molecular flexibility index (Phi) is 5.57. The molecule has 0 bridgehead atoms. The van der Waals surface area contributed by atoms with E-state index in [2.05, 4.69) is 15.2 Å². The van der Waals surface area contributed by atoms with Crippen molar-refractivity contribution in [3.05, 3.63) is 52.8 Å². The zero-order valence-corrected chi connectivity index (χ0v) is 15.3. The van der Waals surface area contributed by atoms with E-state index in [1.54, 1.807) is 6.07 Å². The van der Waals surface area contributed by atoms with Gasteiger partial charge in [-0.1, -0.05) is 11.6 Å². The smallest absolute Gasteiger partial charge is 0.369 e. The summed E-state index contributed by atoms with van der Waals surface area (Å²) in [4.78, 5) is 20.0. The van der Waals surface area contributed by atoms with E-state index in [0.29, 0.717) is 18.8 Å². The number of likely N-dealkylation sites (N-methyl/N-ethyl adjacent to an activating group) is 1. The molecular weight excluding hydrogens is 381 g/mol. The van der Waals surface area contributed by atoms with Crippen LogP contribution in [-0.2, 0) is 6.18 Å². The molecule has 1 amide bonds. The maximum absolute atomic E-state index is 13.6. The van der Waals surface area contributed by atoms with Crippen LogP contribution in [0.4, 0.5) is 24.5 Å². The SMILES string of the molecule is CN1CCN(c2ccc(NC(=O)c3ccc(Cl)nc3)c(C(F)(F)F)c2)CC1. The number of pyridine rings is 1. The normalized spacial score (nSPS) is 15.7. The Balaban J connectivity index is 1.86. The fraction of sp³-hybridized carbons (Fsp3) is 0.333. The largest absolute Gasteiger partial charge is 0.418 e. The molecule has 2 heterocycles. The van der Waals surface area contributed by atoms with E-state index in [-0.39, 0.29) is 16.4 Å². The number of amides is 1. The van der Waals surface area contributed by atoms with Gasteiger partial charge in [0.15, 0.2) is 0 Å². The van der Waals surface area contributed by atoms with Crippen LogP contribution in [-0.4, -0.2) is 49.0 Å². The average Bonchev–Trinajstić information content (AvgIpc) is 2.62. The summed E-state index contributed by atoms with van der Waals surface area (Å²) in [7, 11) is 1.97. The molecule has 0 saturated carbocycles. The van der Waals surface area contributed by atoms with E-state index in [9.17, 15) is 18.0 Å². The van der Waals surface area contributed by atoms with Gasteiger partial charge >= 0.3 is 6.18 Å². The van der Waals surface area contributed by atoms with Gasteiger partial charge in [-0.15, -0.1) is 0 Å². The molecular formula is C18H18ClF3N4O. The maximum Gasteiger partial charge on any atom is 0.418 e. The molecule has 0 radical (unpaired) electrons. The Hall–Kier alpha value is -2.32. The maximum atomic E-state index is 13.6. The van der Waals surface area contributed by atoms with Gasteiger partial charge in [-0.25, -0.2) is 4.98 Å². The highest BCUT2D eigenvalue weighted by atomic mass is 35.5. The van der Waals surface area contributed by atoms with Crippen molar-refractivity contribution < 1.29 is 18.0 Å². The van der Waals surface area contributed by atoms with Gasteiger partial charge in [0, 0.05) is 38.1 Å². The number of piperazine rings is 1. The first-order valence-corrected chi connectivity index (χ1v) is 8.69. The van der Waals surface area contributed by atoms with Crippen LogP contribution in [0.15, 0.2) is 36.5 Å². The molecule has 1 aromatic carbocycles. The third-order valence-electron chi connectivity index (χ3n) is 4.41. The fourth-order valence-electron chi connectivity index (χ4n) is 2.84. The predicted octanol–water partition coefficient (Wildman–Crippen LogP) is 3.76. The highest BCUT2D eigenvalue weighted by Crippen LogP contribution is 2.37. The number of nitrogens with zero attached hydrogens (tertiary/aromatic N) is 3. The van der Waals surface area contributed by atoms with Gasteiger partial charge in [-0.05, 0) is 37.4 Å². The van der Waals surface area contributed by atoms with E-state index >= 15 is 0 Å². The molecule has 144 valence electrons. The Labute approximate surface area is 159 Å². The second kappa shape index (κ2) is 7.74. The Morgan fingerprint density at radius 3 is 2.44 bits per heavy atom. The number of carbonyl (C=O) groups excluding carboxylic acids is 1. The van der Waals surface area contributed by atoms with Crippen LogP contribution in [0.3, 0.4) is 0 Å². The molecule has 0 spiro atoms. The molecule has 9 heteroatoms. The summed E-state index contributed by atoms with van der Waals surface area (Å²) in [6.45, 7) is 2.86. The molecule has 1 fully saturated rings. The summed E-state index contributed by atoms with van der Waals surface area (Å²) in [6.07, 6.45) is -3.38. The summed E-state index contributed by atoms with van der Waals surface area (Å²) in [6, 6.07) is 6.77. The lowest BCUT2D eigenvalue weighted by molar-refractivity contribution is -0.136.